The van der Waals surface area contributed by atoms with E-state index >= 15 is 0 Å². The molecule has 0 atom stereocenters. The Bertz CT molecular complexity index is 359. The molecule has 2 heteroatoms. The Labute approximate surface area is 91.0 Å². The topological polar surface area (TPSA) is 23.3 Å². The van der Waals surface area contributed by atoms with Gasteiger partial charge < -0.3 is 10.1 Å². The van der Waals surface area contributed by atoms with E-state index in [-0.39, 0.29) is 5.54 Å². The minimum absolute atomic E-state index is 0.0731. The Kier molecular flexibility index (Phi) is 2.58. The lowest BCUT2D eigenvalue weighted by atomic mass is 10.1. The molecule has 0 unspecified atom stereocenters. The van der Waals surface area contributed by atoms with Crippen molar-refractivity contribution in [3.8, 4) is 0 Å². The van der Waals surface area contributed by atoms with Gasteiger partial charge in [0.1, 0.15) is 0 Å². The average molecular weight is 201 g/mol. The summed E-state index contributed by atoms with van der Waals surface area (Å²) < 4.78 is 5.45. The fourth-order valence-electron chi connectivity index (χ4n) is 1.43. The van der Waals surface area contributed by atoms with Gasteiger partial charge >= 0.3 is 0 Å². The highest BCUT2D eigenvalue weighted by Gasteiger charge is 2.14. The predicted octanol–water partition coefficient (Wildman–Crippen LogP) is 3.27. The van der Waals surface area contributed by atoms with Gasteiger partial charge in [-0.3, -0.25) is 0 Å². The fraction of sp³-hybridized carbons (Fsp3) is 0.308. The molecule has 1 aliphatic carbocycles. The van der Waals surface area contributed by atoms with Crippen molar-refractivity contribution < 1.29 is 4.74 Å². The van der Waals surface area contributed by atoms with Gasteiger partial charge in [0, 0.05) is 5.88 Å². The molecule has 2 aliphatic rings. The van der Waals surface area contributed by atoms with Crippen LogP contribution in [0.3, 0.4) is 0 Å². The number of hydrogen-bond acceptors (Lipinski definition) is 1. The van der Waals surface area contributed by atoms with Crippen LogP contribution in [0.1, 0.15) is 13.8 Å². The van der Waals surface area contributed by atoms with Crippen LogP contribution in [0.15, 0.2) is 47.9 Å². The zero-order chi connectivity index (χ0) is 10.7. The second-order valence-corrected chi connectivity index (χ2v) is 4.30. The summed E-state index contributed by atoms with van der Waals surface area (Å²) in [5.41, 5.74) is 1.09. The molecule has 0 aromatic heterocycles. The van der Waals surface area contributed by atoms with Gasteiger partial charge in [-0.15, -0.1) is 42.4 Å². The molecule has 0 saturated carbocycles. The molecular weight excluding hydrogens is 186 g/mol. The highest BCUT2D eigenvalue weighted by atomic mass is 16.5. The molecule has 2 rings (SSSR count). The summed E-state index contributed by atoms with van der Waals surface area (Å²) in [6.45, 7) is 4.80. The van der Waals surface area contributed by atoms with E-state index in [9.17, 15) is 0 Å². The zero-order valence-electron chi connectivity index (χ0n) is 9.10. The fourth-order valence-corrected chi connectivity index (χ4v) is 1.43. The van der Waals surface area contributed by atoms with Gasteiger partial charge in [0.25, 0.3) is 0 Å². The standard InChI is InChI=1S/C13H15NO/c1-13(2)10-15-12(14-13)9-8-11-6-4-3-5-7-11/h3-9H,10H2,1-2H3/q-2. The quantitative estimate of drug-likeness (QED) is 0.597. The van der Waals surface area contributed by atoms with E-state index < -0.39 is 0 Å². The first-order valence-corrected chi connectivity index (χ1v) is 5.11. The molecule has 0 aromatic rings. The van der Waals surface area contributed by atoms with Gasteiger partial charge in [0.05, 0.1) is 6.61 Å². The first-order chi connectivity index (χ1) is 7.16. The van der Waals surface area contributed by atoms with Crippen molar-refractivity contribution in [2.24, 2.45) is 0 Å². The van der Waals surface area contributed by atoms with Crippen molar-refractivity contribution in [2.75, 3.05) is 6.61 Å². The summed E-state index contributed by atoms with van der Waals surface area (Å²) in [5, 5.41) is 4.44. The third-order valence-corrected chi connectivity index (χ3v) is 2.20. The number of hydrogen-bond donors (Lipinski definition) is 0. The average Bonchev–Trinajstić information content (AvgIpc) is 2.57. The molecule has 0 amide bonds. The SMILES string of the molecule is CC1(C)COC(=CC=C2C=CC=C[CH-]2)[N-]1. The molecule has 1 saturated heterocycles. The molecule has 0 aromatic carbocycles. The van der Waals surface area contributed by atoms with Gasteiger partial charge in [-0.2, -0.15) is 0 Å². The Morgan fingerprint density at radius 1 is 1.40 bits per heavy atom. The highest BCUT2D eigenvalue weighted by molar-refractivity contribution is 5.41. The molecular formula is C13H15NO-2. The lowest BCUT2D eigenvalue weighted by Crippen LogP contribution is -2.16. The van der Waals surface area contributed by atoms with E-state index in [1.807, 2.05) is 30.4 Å². The Morgan fingerprint density at radius 3 is 2.87 bits per heavy atom. The minimum Gasteiger partial charge on any atom is -0.647 e. The van der Waals surface area contributed by atoms with Crippen LogP contribution in [0, 0.1) is 6.42 Å². The van der Waals surface area contributed by atoms with Crippen molar-refractivity contribution in [1.82, 2.24) is 0 Å². The largest absolute Gasteiger partial charge is 0.647 e. The number of allylic oxidation sites excluding steroid dienone is 7. The van der Waals surface area contributed by atoms with Crippen LogP contribution in [0.2, 0.25) is 0 Å². The van der Waals surface area contributed by atoms with Gasteiger partial charge in [0.2, 0.25) is 0 Å². The monoisotopic (exact) mass is 201 g/mol. The molecule has 1 aliphatic heterocycles. The predicted molar refractivity (Wildman–Crippen MR) is 62.1 cm³/mol. The van der Waals surface area contributed by atoms with Crippen molar-refractivity contribution in [3.63, 3.8) is 0 Å². The third kappa shape index (κ3) is 2.69. The van der Waals surface area contributed by atoms with Crippen LogP contribution < -0.4 is 0 Å². The van der Waals surface area contributed by atoms with Gasteiger partial charge in [0.15, 0.2) is 0 Å². The number of ether oxygens (including phenoxy) is 1. The summed E-state index contributed by atoms with van der Waals surface area (Å²) in [4.78, 5) is 0. The van der Waals surface area contributed by atoms with Crippen LogP contribution in [0.25, 0.3) is 5.32 Å². The third-order valence-electron chi connectivity index (χ3n) is 2.20. The zero-order valence-corrected chi connectivity index (χ0v) is 9.10. The second-order valence-electron chi connectivity index (χ2n) is 4.30. The highest BCUT2D eigenvalue weighted by Crippen LogP contribution is 2.31. The molecule has 0 N–H and O–H groups in total. The maximum absolute atomic E-state index is 5.45. The molecule has 1 heterocycles. The Morgan fingerprint density at radius 2 is 2.27 bits per heavy atom. The van der Waals surface area contributed by atoms with Gasteiger partial charge in [-0.25, -0.2) is 0 Å². The van der Waals surface area contributed by atoms with Gasteiger partial charge in [-0.1, -0.05) is 25.5 Å². The van der Waals surface area contributed by atoms with Gasteiger partial charge in [-0.05, 0) is 0 Å². The summed E-state index contributed by atoms with van der Waals surface area (Å²) >= 11 is 0. The molecule has 0 bridgehead atoms. The van der Waals surface area contributed by atoms with E-state index in [1.54, 1.807) is 0 Å². The molecule has 0 radical (unpaired) electrons. The van der Waals surface area contributed by atoms with E-state index in [0.717, 1.165) is 11.5 Å². The molecule has 0 spiro atoms. The molecule has 1 fully saturated rings. The van der Waals surface area contributed by atoms with Crippen molar-refractivity contribution in [3.05, 3.63) is 59.6 Å². The first kappa shape index (κ1) is 9.97. The summed E-state index contributed by atoms with van der Waals surface area (Å²) in [6.07, 6.45) is 14.1. The first-order valence-electron chi connectivity index (χ1n) is 5.11. The Hall–Kier alpha value is -1.57. The van der Waals surface area contributed by atoms with E-state index in [0.29, 0.717) is 6.61 Å². The lowest BCUT2D eigenvalue weighted by molar-refractivity contribution is 0.237. The van der Waals surface area contributed by atoms with Crippen LogP contribution in [0.4, 0.5) is 0 Å². The molecule has 15 heavy (non-hydrogen) atoms. The number of nitrogens with zero attached hydrogens (tertiary/aromatic N) is 1. The van der Waals surface area contributed by atoms with Crippen molar-refractivity contribution in [1.29, 1.82) is 0 Å². The van der Waals surface area contributed by atoms with E-state index in [2.05, 4.69) is 31.7 Å². The van der Waals surface area contributed by atoms with Crippen molar-refractivity contribution in [2.45, 2.75) is 19.4 Å². The molecule has 2 nitrogen and oxygen atoms in total. The van der Waals surface area contributed by atoms with Crippen LogP contribution in [-0.4, -0.2) is 12.1 Å². The van der Waals surface area contributed by atoms with Crippen LogP contribution in [0.5, 0.6) is 0 Å². The number of rotatable bonds is 1. The summed E-state index contributed by atoms with van der Waals surface area (Å²) in [7, 11) is 0. The smallest absolute Gasteiger partial charge is 0.0746 e. The lowest BCUT2D eigenvalue weighted by Gasteiger charge is -2.28. The minimum atomic E-state index is -0.0731. The summed E-state index contributed by atoms with van der Waals surface area (Å²) in [5.74, 6) is 0.726. The maximum atomic E-state index is 5.45. The molecule has 80 valence electrons. The maximum Gasteiger partial charge on any atom is 0.0746 e. The van der Waals surface area contributed by atoms with E-state index in [1.165, 1.54) is 0 Å². The summed E-state index contributed by atoms with van der Waals surface area (Å²) in [6, 6.07) is 0. The normalized spacial score (nSPS) is 27.6. The Balaban J connectivity index is 2.00. The second kappa shape index (κ2) is 3.89. The van der Waals surface area contributed by atoms with Crippen LogP contribution in [-0.2, 0) is 4.74 Å². The van der Waals surface area contributed by atoms with E-state index in [4.69, 9.17) is 4.74 Å². The van der Waals surface area contributed by atoms with Crippen molar-refractivity contribution >= 4 is 0 Å². The van der Waals surface area contributed by atoms with Crippen LogP contribution >= 0.6 is 0 Å².